The number of hydrogen-bond donors (Lipinski definition) is 1. The predicted molar refractivity (Wildman–Crippen MR) is 97.8 cm³/mol. The summed E-state index contributed by atoms with van der Waals surface area (Å²) in [5.74, 6) is 1.06. The van der Waals surface area contributed by atoms with Gasteiger partial charge < -0.3 is 9.73 Å². The first-order chi connectivity index (χ1) is 11.4. The van der Waals surface area contributed by atoms with E-state index in [0.29, 0.717) is 22.1 Å². The van der Waals surface area contributed by atoms with Crippen molar-refractivity contribution in [3.05, 3.63) is 76.0 Å². The molecule has 1 heterocycles. The van der Waals surface area contributed by atoms with Crippen molar-refractivity contribution >= 4 is 23.2 Å². The fraction of sp³-hybridized carbons (Fsp3) is 0.150. The molecule has 3 rings (SSSR count). The van der Waals surface area contributed by atoms with Gasteiger partial charge in [-0.3, -0.25) is 4.79 Å². The Bertz CT molecular complexity index is 895. The molecule has 122 valence electrons. The number of carbonyl (C=O) groups is 1. The second-order valence-corrected chi connectivity index (χ2v) is 6.30. The van der Waals surface area contributed by atoms with Crippen LogP contribution in [0.15, 0.2) is 52.9 Å². The van der Waals surface area contributed by atoms with E-state index in [0.717, 1.165) is 22.4 Å². The fourth-order valence-electron chi connectivity index (χ4n) is 2.52. The number of halogens is 1. The maximum atomic E-state index is 12.6. The summed E-state index contributed by atoms with van der Waals surface area (Å²) in [5, 5.41) is 3.62. The second kappa shape index (κ2) is 6.54. The van der Waals surface area contributed by atoms with Crippen molar-refractivity contribution in [2.75, 3.05) is 5.32 Å². The Balaban J connectivity index is 1.88. The van der Waals surface area contributed by atoms with Gasteiger partial charge in [-0.15, -0.1) is 0 Å². The molecule has 0 radical (unpaired) electrons. The molecule has 2 aromatic carbocycles. The van der Waals surface area contributed by atoms with Crippen LogP contribution in [0.5, 0.6) is 0 Å². The minimum Gasteiger partial charge on any atom is -0.461 e. The molecular formula is C20H18ClNO2. The van der Waals surface area contributed by atoms with Crippen LogP contribution in [0.3, 0.4) is 0 Å². The van der Waals surface area contributed by atoms with Gasteiger partial charge in [0.25, 0.3) is 5.91 Å². The normalized spacial score (nSPS) is 10.7. The van der Waals surface area contributed by atoms with Gasteiger partial charge in [0.1, 0.15) is 11.5 Å². The van der Waals surface area contributed by atoms with Crippen molar-refractivity contribution in [1.29, 1.82) is 0 Å². The molecule has 0 aliphatic rings. The molecule has 0 unspecified atom stereocenters. The fourth-order valence-corrected chi connectivity index (χ4v) is 2.65. The lowest BCUT2D eigenvalue weighted by Crippen LogP contribution is -2.13. The summed E-state index contributed by atoms with van der Waals surface area (Å²) in [5.41, 5.74) is 4.34. The highest BCUT2D eigenvalue weighted by atomic mass is 35.5. The highest BCUT2D eigenvalue weighted by Gasteiger charge is 2.17. The summed E-state index contributed by atoms with van der Waals surface area (Å²) in [6.07, 6.45) is 0. The summed E-state index contributed by atoms with van der Waals surface area (Å²) < 4.78 is 5.75. The average molecular weight is 340 g/mol. The molecular weight excluding hydrogens is 322 g/mol. The summed E-state index contributed by atoms with van der Waals surface area (Å²) in [6.45, 7) is 5.75. The summed E-state index contributed by atoms with van der Waals surface area (Å²) in [4.78, 5) is 12.6. The first-order valence-electron chi connectivity index (χ1n) is 7.69. The van der Waals surface area contributed by atoms with Gasteiger partial charge in [-0.2, -0.15) is 0 Å². The Kier molecular flexibility index (Phi) is 4.45. The van der Waals surface area contributed by atoms with Crippen molar-refractivity contribution in [3.63, 3.8) is 0 Å². The van der Waals surface area contributed by atoms with Gasteiger partial charge >= 0.3 is 0 Å². The van der Waals surface area contributed by atoms with E-state index in [-0.39, 0.29) is 5.91 Å². The van der Waals surface area contributed by atoms with Crippen LogP contribution >= 0.6 is 11.6 Å². The molecule has 0 saturated heterocycles. The Morgan fingerprint density at radius 2 is 1.71 bits per heavy atom. The Morgan fingerprint density at radius 3 is 2.42 bits per heavy atom. The molecule has 1 aromatic heterocycles. The number of rotatable bonds is 3. The van der Waals surface area contributed by atoms with Crippen LogP contribution < -0.4 is 5.32 Å². The number of furan rings is 1. The van der Waals surface area contributed by atoms with Gasteiger partial charge in [-0.25, -0.2) is 0 Å². The highest BCUT2D eigenvalue weighted by Crippen LogP contribution is 2.27. The van der Waals surface area contributed by atoms with Crippen LogP contribution in [0.4, 0.5) is 5.69 Å². The number of benzene rings is 2. The molecule has 0 bridgehead atoms. The van der Waals surface area contributed by atoms with E-state index in [1.807, 2.05) is 44.2 Å². The largest absolute Gasteiger partial charge is 0.461 e. The van der Waals surface area contributed by atoms with Crippen LogP contribution in [0, 0.1) is 20.8 Å². The van der Waals surface area contributed by atoms with E-state index in [9.17, 15) is 4.79 Å². The molecule has 24 heavy (non-hydrogen) atoms. The van der Waals surface area contributed by atoms with Crippen molar-refractivity contribution in [2.45, 2.75) is 20.8 Å². The molecule has 0 atom stereocenters. The Morgan fingerprint density at radius 1 is 1.00 bits per heavy atom. The van der Waals surface area contributed by atoms with Gasteiger partial charge in [0.15, 0.2) is 0 Å². The lowest BCUT2D eigenvalue weighted by atomic mass is 10.1. The molecule has 3 nitrogen and oxygen atoms in total. The third-order valence-corrected chi connectivity index (χ3v) is 4.18. The quantitative estimate of drug-likeness (QED) is 0.657. The van der Waals surface area contributed by atoms with Crippen LogP contribution in [-0.2, 0) is 0 Å². The van der Waals surface area contributed by atoms with E-state index in [2.05, 4.69) is 5.32 Å². The van der Waals surface area contributed by atoms with Crippen molar-refractivity contribution in [1.82, 2.24) is 0 Å². The van der Waals surface area contributed by atoms with Crippen LogP contribution in [0.2, 0.25) is 5.02 Å². The van der Waals surface area contributed by atoms with E-state index >= 15 is 0 Å². The molecule has 0 fully saturated rings. The molecule has 0 aliphatic carbocycles. The van der Waals surface area contributed by atoms with E-state index in [1.54, 1.807) is 25.1 Å². The van der Waals surface area contributed by atoms with Gasteiger partial charge in [0, 0.05) is 16.3 Å². The van der Waals surface area contributed by atoms with Crippen LogP contribution in [-0.4, -0.2) is 5.91 Å². The summed E-state index contributed by atoms with van der Waals surface area (Å²) >= 11 is 5.91. The average Bonchev–Trinajstić information content (AvgIpc) is 2.93. The zero-order valence-electron chi connectivity index (χ0n) is 13.8. The number of aryl methyl sites for hydroxylation is 3. The van der Waals surface area contributed by atoms with Crippen molar-refractivity contribution in [3.8, 4) is 11.3 Å². The zero-order valence-corrected chi connectivity index (χ0v) is 14.6. The lowest BCUT2D eigenvalue weighted by Gasteiger charge is -2.08. The first-order valence-corrected chi connectivity index (χ1v) is 8.07. The topological polar surface area (TPSA) is 42.2 Å². The SMILES string of the molecule is Cc1ccc(C)c(NC(=O)c2cc(-c3ccc(Cl)cc3)oc2C)c1. The lowest BCUT2D eigenvalue weighted by molar-refractivity contribution is 0.102. The van der Waals surface area contributed by atoms with E-state index in [4.69, 9.17) is 16.0 Å². The number of anilines is 1. The molecule has 1 N–H and O–H groups in total. The van der Waals surface area contributed by atoms with Crippen LogP contribution in [0.1, 0.15) is 27.2 Å². The van der Waals surface area contributed by atoms with Crippen molar-refractivity contribution in [2.24, 2.45) is 0 Å². The highest BCUT2D eigenvalue weighted by molar-refractivity contribution is 6.30. The third-order valence-electron chi connectivity index (χ3n) is 3.93. The summed E-state index contributed by atoms with van der Waals surface area (Å²) in [6, 6.07) is 15.1. The number of amides is 1. The smallest absolute Gasteiger partial charge is 0.259 e. The van der Waals surface area contributed by atoms with Crippen LogP contribution in [0.25, 0.3) is 11.3 Å². The molecule has 4 heteroatoms. The molecule has 0 aliphatic heterocycles. The minimum absolute atomic E-state index is 0.176. The number of carbonyl (C=O) groups excluding carboxylic acids is 1. The monoisotopic (exact) mass is 339 g/mol. The van der Waals surface area contributed by atoms with Gasteiger partial charge in [0.2, 0.25) is 0 Å². The maximum Gasteiger partial charge on any atom is 0.259 e. The third kappa shape index (κ3) is 3.36. The molecule has 0 saturated carbocycles. The summed E-state index contributed by atoms with van der Waals surface area (Å²) in [7, 11) is 0. The molecule has 0 spiro atoms. The number of nitrogens with one attached hydrogen (secondary N) is 1. The van der Waals surface area contributed by atoms with Crippen molar-refractivity contribution < 1.29 is 9.21 Å². The van der Waals surface area contributed by atoms with E-state index < -0.39 is 0 Å². The Labute approximate surface area is 146 Å². The van der Waals surface area contributed by atoms with E-state index in [1.165, 1.54) is 0 Å². The first kappa shape index (κ1) is 16.3. The van der Waals surface area contributed by atoms with Gasteiger partial charge in [0.05, 0.1) is 5.56 Å². The second-order valence-electron chi connectivity index (χ2n) is 5.86. The molecule has 1 amide bonds. The zero-order chi connectivity index (χ0) is 17.3. The number of hydrogen-bond acceptors (Lipinski definition) is 2. The molecule has 3 aromatic rings. The standard InChI is InChI=1S/C20H18ClNO2/c1-12-4-5-13(2)18(10-12)22-20(23)17-11-19(24-14(17)3)15-6-8-16(21)9-7-15/h4-11H,1-3H3,(H,22,23). The Hall–Kier alpha value is -2.52. The maximum absolute atomic E-state index is 12.6. The van der Waals surface area contributed by atoms with Gasteiger partial charge in [-0.1, -0.05) is 23.7 Å². The predicted octanol–water partition coefficient (Wildman–Crippen LogP) is 5.78. The van der Waals surface area contributed by atoms with Gasteiger partial charge in [-0.05, 0) is 68.3 Å². The minimum atomic E-state index is -0.176.